The van der Waals surface area contributed by atoms with E-state index in [1.807, 2.05) is 30.9 Å². The van der Waals surface area contributed by atoms with E-state index in [4.69, 9.17) is 14.5 Å². The van der Waals surface area contributed by atoms with Gasteiger partial charge in [-0.15, -0.1) is 0 Å². The quantitative estimate of drug-likeness (QED) is 0.300. The Kier molecular flexibility index (Phi) is 7.94. The first-order valence-corrected chi connectivity index (χ1v) is 12.9. The molecule has 5 rings (SSSR count). The molecule has 4 aromatic rings. The van der Waals surface area contributed by atoms with Crippen molar-refractivity contribution >= 4 is 39.8 Å². The molecule has 0 aliphatic carbocycles. The predicted octanol–water partition coefficient (Wildman–Crippen LogP) is 4.33. The Morgan fingerprint density at radius 2 is 2.00 bits per heavy atom. The van der Waals surface area contributed by atoms with Crippen LogP contribution in [0.1, 0.15) is 5.56 Å². The van der Waals surface area contributed by atoms with Crippen LogP contribution in [0.25, 0.3) is 16.7 Å². The zero-order valence-corrected chi connectivity index (χ0v) is 22.8. The minimum absolute atomic E-state index is 0.309. The van der Waals surface area contributed by atoms with Gasteiger partial charge >= 0.3 is 0 Å². The van der Waals surface area contributed by atoms with E-state index < -0.39 is 0 Å². The van der Waals surface area contributed by atoms with Gasteiger partial charge in [0.2, 0.25) is 11.9 Å². The lowest BCUT2D eigenvalue weighted by atomic mass is 10.1. The van der Waals surface area contributed by atoms with Crippen molar-refractivity contribution in [1.29, 1.82) is 0 Å². The van der Waals surface area contributed by atoms with E-state index in [0.717, 1.165) is 16.6 Å². The molecule has 1 aliphatic rings. The summed E-state index contributed by atoms with van der Waals surface area (Å²) in [5.74, 6) is 0.776. The van der Waals surface area contributed by atoms with Gasteiger partial charge in [0.05, 0.1) is 42.9 Å². The summed E-state index contributed by atoms with van der Waals surface area (Å²) in [6.45, 7) is 6.80. The van der Waals surface area contributed by atoms with Crippen molar-refractivity contribution in [2.75, 3.05) is 63.0 Å². The molecule has 3 heterocycles. The average Bonchev–Trinajstić information content (AvgIpc) is 3.30. The summed E-state index contributed by atoms with van der Waals surface area (Å²) in [6.07, 6.45) is 4.83. The molecule has 0 unspecified atom stereocenters. The van der Waals surface area contributed by atoms with Gasteiger partial charge in [-0.1, -0.05) is 6.58 Å². The molecule has 2 N–H and O–H groups in total. The average molecular weight is 546 g/mol. The maximum atomic E-state index is 14.2. The number of halogens is 1. The molecular weight excluding hydrogens is 513 g/mol. The molecule has 40 heavy (non-hydrogen) atoms. The number of ether oxygens (including phenoxy) is 2. The van der Waals surface area contributed by atoms with Crippen molar-refractivity contribution in [2.24, 2.45) is 0 Å². The minimum atomic E-state index is -0.330. The van der Waals surface area contributed by atoms with Crippen LogP contribution in [-0.2, 0) is 16.1 Å². The zero-order chi connectivity index (χ0) is 28.2. The topological polar surface area (TPSA) is 96.8 Å². The summed E-state index contributed by atoms with van der Waals surface area (Å²) in [6, 6.07) is 10.2. The lowest BCUT2D eigenvalue weighted by Crippen LogP contribution is -2.36. The predicted molar refractivity (Wildman–Crippen MR) is 154 cm³/mol. The van der Waals surface area contributed by atoms with E-state index in [-0.39, 0.29) is 11.7 Å². The van der Waals surface area contributed by atoms with Crippen molar-refractivity contribution in [3.63, 3.8) is 0 Å². The minimum Gasteiger partial charge on any atom is -0.494 e. The highest BCUT2D eigenvalue weighted by atomic mass is 19.1. The van der Waals surface area contributed by atoms with Crippen LogP contribution in [-0.4, -0.2) is 72.9 Å². The van der Waals surface area contributed by atoms with E-state index in [1.54, 1.807) is 31.5 Å². The van der Waals surface area contributed by atoms with Crippen LogP contribution in [0, 0.1) is 5.82 Å². The van der Waals surface area contributed by atoms with Crippen LogP contribution in [0.3, 0.4) is 0 Å². The SMILES string of the molecule is C=CC(=O)Nc1cc(Nc2nccc(-n3cc(CN(C)C)c4ccc(F)cc43)n2)c(OC)cc1N1CCOCC1. The van der Waals surface area contributed by atoms with Crippen molar-refractivity contribution in [2.45, 2.75) is 6.54 Å². The number of rotatable bonds is 9. The molecule has 1 fully saturated rings. The van der Waals surface area contributed by atoms with Gasteiger partial charge in [0.1, 0.15) is 17.4 Å². The summed E-state index contributed by atoms with van der Waals surface area (Å²) in [4.78, 5) is 25.6. The number of fused-ring (bicyclic) bond motifs is 1. The molecule has 1 saturated heterocycles. The molecule has 208 valence electrons. The van der Waals surface area contributed by atoms with Crippen LogP contribution >= 0.6 is 0 Å². The number of aromatic nitrogens is 3. The normalized spacial score (nSPS) is 13.5. The Morgan fingerprint density at radius 1 is 1.20 bits per heavy atom. The van der Waals surface area contributed by atoms with Crippen LogP contribution in [0.5, 0.6) is 5.75 Å². The molecule has 0 spiro atoms. The third kappa shape index (κ3) is 5.75. The molecule has 0 saturated carbocycles. The fourth-order valence-electron chi connectivity index (χ4n) is 4.78. The van der Waals surface area contributed by atoms with E-state index in [1.165, 1.54) is 18.2 Å². The summed E-state index contributed by atoms with van der Waals surface area (Å²) >= 11 is 0. The molecule has 2 aromatic heterocycles. The van der Waals surface area contributed by atoms with Gasteiger partial charge < -0.3 is 34.5 Å². The summed E-state index contributed by atoms with van der Waals surface area (Å²) in [5.41, 5.74) is 3.73. The van der Waals surface area contributed by atoms with Crippen LogP contribution in [0.15, 0.2) is 61.4 Å². The number of morpholine rings is 1. The molecule has 11 heteroatoms. The number of benzene rings is 2. The first-order valence-electron chi connectivity index (χ1n) is 12.9. The Bertz CT molecular complexity index is 1550. The van der Waals surface area contributed by atoms with Gasteiger partial charge in [-0.2, -0.15) is 4.98 Å². The first kappa shape index (κ1) is 27.1. The summed E-state index contributed by atoms with van der Waals surface area (Å²) in [5, 5.41) is 7.08. The Morgan fingerprint density at radius 3 is 2.73 bits per heavy atom. The second-order valence-electron chi connectivity index (χ2n) is 9.65. The van der Waals surface area contributed by atoms with Crippen molar-refractivity contribution < 1.29 is 18.7 Å². The summed E-state index contributed by atoms with van der Waals surface area (Å²) < 4.78 is 27.3. The lowest BCUT2D eigenvalue weighted by Gasteiger charge is -2.31. The maximum Gasteiger partial charge on any atom is 0.247 e. The Labute approximate surface area is 232 Å². The molecule has 1 amide bonds. The first-order chi connectivity index (χ1) is 19.4. The second-order valence-corrected chi connectivity index (χ2v) is 9.65. The summed E-state index contributed by atoms with van der Waals surface area (Å²) in [7, 11) is 5.56. The lowest BCUT2D eigenvalue weighted by molar-refractivity contribution is -0.111. The fourth-order valence-corrected chi connectivity index (χ4v) is 4.78. The van der Waals surface area contributed by atoms with E-state index in [2.05, 4.69) is 32.0 Å². The third-order valence-electron chi connectivity index (χ3n) is 6.58. The van der Waals surface area contributed by atoms with Gasteiger partial charge in [-0.3, -0.25) is 4.79 Å². The van der Waals surface area contributed by atoms with Gasteiger partial charge in [0.25, 0.3) is 0 Å². The van der Waals surface area contributed by atoms with E-state index in [9.17, 15) is 9.18 Å². The van der Waals surface area contributed by atoms with Gasteiger partial charge in [-0.05, 0) is 56.1 Å². The maximum absolute atomic E-state index is 14.2. The van der Waals surface area contributed by atoms with Crippen molar-refractivity contribution in [3.05, 3.63) is 72.8 Å². The Hall–Kier alpha value is -4.48. The number of amides is 1. The van der Waals surface area contributed by atoms with Crippen molar-refractivity contribution in [1.82, 2.24) is 19.4 Å². The monoisotopic (exact) mass is 545 g/mol. The number of nitrogens with zero attached hydrogens (tertiary/aromatic N) is 5. The number of hydrogen-bond donors (Lipinski definition) is 2. The standard InChI is InChI=1S/C29H32FN7O3/c1-5-28(38)32-22-15-23(26(39-4)16-25(22)36-10-12-40-13-11-36)33-29-31-9-8-27(34-29)37-18-19(17-35(2)3)21-7-6-20(30)14-24(21)37/h5-9,14-16,18H,1,10-13,17H2,2-4H3,(H,32,38)(H,31,33,34). The van der Waals surface area contributed by atoms with E-state index in [0.29, 0.717) is 67.3 Å². The smallest absolute Gasteiger partial charge is 0.247 e. The second kappa shape index (κ2) is 11.7. The molecule has 1 aliphatic heterocycles. The third-order valence-corrected chi connectivity index (χ3v) is 6.58. The molecule has 0 atom stereocenters. The number of hydrogen-bond acceptors (Lipinski definition) is 8. The number of methoxy groups -OCH3 is 1. The van der Waals surface area contributed by atoms with Crippen LogP contribution in [0.4, 0.5) is 27.4 Å². The highest BCUT2D eigenvalue weighted by molar-refractivity contribution is 6.02. The van der Waals surface area contributed by atoms with Crippen LogP contribution in [0.2, 0.25) is 0 Å². The molecule has 10 nitrogen and oxygen atoms in total. The molecule has 0 radical (unpaired) electrons. The number of nitrogens with one attached hydrogen (secondary N) is 2. The van der Waals surface area contributed by atoms with Gasteiger partial charge in [0, 0.05) is 43.5 Å². The molecule has 0 bridgehead atoms. The largest absolute Gasteiger partial charge is 0.494 e. The zero-order valence-electron chi connectivity index (χ0n) is 22.8. The molecule has 2 aromatic carbocycles. The fraction of sp³-hybridized carbons (Fsp3) is 0.276. The Balaban J connectivity index is 1.53. The number of carbonyl (C=O) groups excluding carboxylic acids is 1. The van der Waals surface area contributed by atoms with Crippen molar-refractivity contribution in [3.8, 4) is 11.6 Å². The van der Waals surface area contributed by atoms with Gasteiger partial charge in [0.15, 0.2) is 0 Å². The number of anilines is 4. The highest BCUT2D eigenvalue weighted by Gasteiger charge is 2.20. The van der Waals surface area contributed by atoms with Gasteiger partial charge in [-0.25, -0.2) is 9.37 Å². The number of carbonyl (C=O) groups is 1. The highest BCUT2D eigenvalue weighted by Crippen LogP contribution is 2.38. The van der Waals surface area contributed by atoms with E-state index >= 15 is 0 Å². The molecular formula is C29H32FN7O3. The van der Waals surface area contributed by atoms with Crippen LogP contribution < -0.4 is 20.3 Å².